The van der Waals surface area contributed by atoms with Crippen molar-refractivity contribution in [3.8, 4) is 0 Å². The fourth-order valence-electron chi connectivity index (χ4n) is 3.05. The van der Waals surface area contributed by atoms with E-state index < -0.39 is 0 Å². The molecule has 1 aliphatic heterocycles. The summed E-state index contributed by atoms with van der Waals surface area (Å²) in [7, 11) is 0. The maximum Gasteiger partial charge on any atom is 0.0428 e. The fraction of sp³-hybridized carbons (Fsp3) is 0.600. The van der Waals surface area contributed by atoms with Crippen LogP contribution in [0.4, 0.5) is 0 Å². The molecule has 1 aromatic rings. The van der Waals surface area contributed by atoms with Crippen LogP contribution in [0.1, 0.15) is 37.3 Å². The molecule has 3 rings (SSSR count). The Morgan fingerprint density at radius 2 is 1.94 bits per heavy atom. The first-order valence-corrected chi connectivity index (χ1v) is 9.14. The molecule has 18 heavy (non-hydrogen) atoms. The minimum atomic E-state index is 0.585. The van der Waals surface area contributed by atoms with Gasteiger partial charge in [0.1, 0.15) is 0 Å². The number of nitrogens with one attached hydrogen (secondary N) is 1. The van der Waals surface area contributed by atoms with E-state index in [9.17, 15) is 0 Å². The van der Waals surface area contributed by atoms with Gasteiger partial charge in [-0.3, -0.25) is 0 Å². The van der Waals surface area contributed by atoms with E-state index in [1.165, 1.54) is 41.9 Å². The molecule has 3 heteroatoms. The normalized spacial score (nSPS) is 31.3. The van der Waals surface area contributed by atoms with Gasteiger partial charge >= 0.3 is 0 Å². The lowest BCUT2D eigenvalue weighted by atomic mass is 9.94. The average Bonchev–Trinajstić information content (AvgIpc) is 2.83. The maximum atomic E-state index is 3.89. The number of thioether (sulfide) groups is 2. The van der Waals surface area contributed by atoms with Gasteiger partial charge in [-0.2, -0.15) is 11.8 Å². The van der Waals surface area contributed by atoms with Gasteiger partial charge in [0.2, 0.25) is 0 Å². The summed E-state index contributed by atoms with van der Waals surface area (Å²) in [4.78, 5) is 1.48. The molecule has 0 aromatic heterocycles. The monoisotopic (exact) mass is 279 g/mol. The van der Waals surface area contributed by atoms with Crippen molar-refractivity contribution in [3.63, 3.8) is 0 Å². The Hall–Kier alpha value is -0.120. The number of hydrogen-bond acceptors (Lipinski definition) is 3. The van der Waals surface area contributed by atoms with Crippen LogP contribution in [0.2, 0.25) is 0 Å². The van der Waals surface area contributed by atoms with E-state index in [0.717, 1.165) is 11.3 Å². The van der Waals surface area contributed by atoms with Gasteiger partial charge in [-0.05, 0) is 43.6 Å². The van der Waals surface area contributed by atoms with Crippen molar-refractivity contribution in [3.05, 3.63) is 29.8 Å². The van der Waals surface area contributed by atoms with Gasteiger partial charge in [-0.25, -0.2) is 0 Å². The van der Waals surface area contributed by atoms with E-state index in [4.69, 9.17) is 0 Å². The molecular weight excluding hydrogens is 258 g/mol. The predicted octanol–water partition coefficient (Wildman–Crippen LogP) is 4.10. The lowest BCUT2D eigenvalue weighted by Gasteiger charge is -2.30. The molecule has 1 unspecified atom stereocenters. The lowest BCUT2D eigenvalue weighted by molar-refractivity contribution is 0.354. The van der Waals surface area contributed by atoms with Gasteiger partial charge in [-0.15, -0.1) is 11.8 Å². The van der Waals surface area contributed by atoms with Crippen molar-refractivity contribution < 1.29 is 0 Å². The first kappa shape index (κ1) is 12.9. The zero-order chi connectivity index (χ0) is 12.4. The van der Waals surface area contributed by atoms with Crippen molar-refractivity contribution in [2.24, 2.45) is 0 Å². The lowest BCUT2D eigenvalue weighted by Crippen LogP contribution is -2.36. The van der Waals surface area contributed by atoms with Gasteiger partial charge in [0, 0.05) is 28.0 Å². The molecule has 98 valence electrons. The van der Waals surface area contributed by atoms with E-state index in [1.807, 2.05) is 23.5 Å². The third-order valence-electron chi connectivity index (χ3n) is 4.14. The highest BCUT2D eigenvalue weighted by atomic mass is 32.2. The average molecular weight is 279 g/mol. The van der Waals surface area contributed by atoms with Gasteiger partial charge in [-0.1, -0.05) is 18.2 Å². The number of fused-ring (bicyclic) bond motifs is 1. The van der Waals surface area contributed by atoms with Crippen LogP contribution in [0.25, 0.3) is 0 Å². The highest BCUT2D eigenvalue weighted by molar-refractivity contribution is 7.99. The van der Waals surface area contributed by atoms with Crippen LogP contribution in [-0.4, -0.2) is 23.3 Å². The molecule has 0 radical (unpaired) electrons. The minimum absolute atomic E-state index is 0.585. The number of hydrogen-bond donors (Lipinski definition) is 1. The third kappa shape index (κ3) is 2.73. The molecule has 1 fully saturated rings. The Kier molecular flexibility index (Phi) is 4.22. The summed E-state index contributed by atoms with van der Waals surface area (Å²) < 4.78 is 0. The van der Waals surface area contributed by atoms with Crippen molar-refractivity contribution in [2.45, 2.75) is 47.9 Å². The highest BCUT2D eigenvalue weighted by Gasteiger charge is 2.27. The Bertz CT molecular complexity index is 399. The molecular formula is C15H21NS2. The molecule has 0 saturated heterocycles. The molecule has 1 saturated carbocycles. The van der Waals surface area contributed by atoms with E-state index in [2.05, 4.69) is 35.8 Å². The SMILES string of the molecule is CSC1CCC(NC2CSc3ccccc32)CC1. The second-order valence-corrected chi connectivity index (χ2v) is 7.48. The first-order valence-electron chi connectivity index (χ1n) is 6.87. The van der Waals surface area contributed by atoms with E-state index in [-0.39, 0.29) is 0 Å². The largest absolute Gasteiger partial charge is 0.306 e. The summed E-state index contributed by atoms with van der Waals surface area (Å²) >= 11 is 4.05. The van der Waals surface area contributed by atoms with Crippen LogP contribution in [0.5, 0.6) is 0 Å². The van der Waals surface area contributed by atoms with Gasteiger partial charge in [0.25, 0.3) is 0 Å². The summed E-state index contributed by atoms with van der Waals surface area (Å²) in [5, 5.41) is 4.80. The second kappa shape index (κ2) is 5.89. The topological polar surface area (TPSA) is 12.0 Å². The molecule has 1 N–H and O–H groups in total. The van der Waals surface area contributed by atoms with E-state index >= 15 is 0 Å². The summed E-state index contributed by atoms with van der Waals surface area (Å²) in [5.41, 5.74) is 1.52. The van der Waals surface area contributed by atoms with E-state index in [1.54, 1.807) is 0 Å². The van der Waals surface area contributed by atoms with E-state index in [0.29, 0.717) is 6.04 Å². The molecule has 0 spiro atoms. The molecule has 1 nitrogen and oxygen atoms in total. The molecule has 1 aliphatic carbocycles. The van der Waals surface area contributed by atoms with Crippen LogP contribution in [-0.2, 0) is 0 Å². The molecule has 1 heterocycles. The highest BCUT2D eigenvalue weighted by Crippen LogP contribution is 2.39. The molecule has 2 aliphatic rings. The van der Waals surface area contributed by atoms with Crippen molar-refractivity contribution in [1.29, 1.82) is 0 Å². The first-order chi connectivity index (χ1) is 8.86. The summed E-state index contributed by atoms with van der Waals surface area (Å²) in [6.45, 7) is 0. The van der Waals surface area contributed by atoms with Crippen LogP contribution in [0, 0.1) is 0 Å². The molecule has 1 aromatic carbocycles. The smallest absolute Gasteiger partial charge is 0.0428 e. The predicted molar refractivity (Wildman–Crippen MR) is 82.6 cm³/mol. The summed E-state index contributed by atoms with van der Waals surface area (Å²) in [5.74, 6) is 1.21. The Labute approximate surface area is 119 Å². The summed E-state index contributed by atoms with van der Waals surface area (Å²) in [6.07, 6.45) is 7.74. The Morgan fingerprint density at radius 1 is 1.17 bits per heavy atom. The second-order valence-electron chi connectivity index (χ2n) is 5.28. The Morgan fingerprint density at radius 3 is 2.72 bits per heavy atom. The zero-order valence-corrected chi connectivity index (χ0v) is 12.5. The Balaban J connectivity index is 1.59. The maximum absolute atomic E-state index is 3.89. The van der Waals surface area contributed by atoms with Crippen molar-refractivity contribution in [2.75, 3.05) is 12.0 Å². The standard InChI is InChI=1S/C15H21NS2/c1-17-12-8-6-11(7-9-12)16-14-10-18-15-5-3-2-4-13(14)15/h2-5,11-12,14,16H,6-10H2,1H3. The van der Waals surface area contributed by atoms with Gasteiger partial charge in [0.05, 0.1) is 0 Å². The number of rotatable bonds is 3. The number of benzene rings is 1. The van der Waals surface area contributed by atoms with Crippen LogP contribution in [0.15, 0.2) is 29.2 Å². The molecule has 0 bridgehead atoms. The van der Waals surface area contributed by atoms with Crippen molar-refractivity contribution >= 4 is 23.5 Å². The summed E-state index contributed by atoms with van der Waals surface area (Å²) in [6, 6.07) is 10.2. The van der Waals surface area contributed by atoms with Gasteiger partial charge < -0.3 is 5.32 Å². The van der Waals surface area contributed by atoms with Crippen LogP contribution < -0.4 is 5.32 Å². The zero-order valence-electron chi connectivity index (χ0n) is 10.9. The van der Waals surface area contributed by atoms with Gasteiger partial charge in [0.15, 0.2) is 0 Å². The molecule has 0 amide bonds. The van der Waals surface area contributed by atoms with Crippen molar-refractivity contribution in [1.82, 2.24) is 5.32 Å². The molecule has 1 atom stereocenters. The minimum Gasteiger partial charge on any atom is -0.306 e. The fourth-order valence-corrected chi connectivity index (χ4v) is 4.97. The van der Waals surface area contributed by atoms with Crippen LogP contribution >= 0.6 is 23.5 Å². The third-order valence-corrected chi connectivity index (χ3v) is 6.47. The van der Waals surface area contributed by atoms with Crippen LogP contribution in [0.3, 0.4) is 0 Å². The quantitative estimate of drug-likeness (QED) is 0.895.